The summed E-state index contributed by atoms with van der Waals surface area (Å²) in [5.41, 5.74) is 1.62. The zero-order valence-electron chi connectivity index (χ0n) is 10.1. The van der Waals surface area contributed by atoms with Crippen LogP contribution < -0.4 is 4.90 Å². The lowest BCUT2D eigenvalue weighted by atomic mass is 10.1. The van der Waals surface area contributed by atoms with Gasteiger partial charge in [0.15, 0.2) is 12.0 Å². The van der Waals surface area contributed by atoms with Crippen molar-refractivity contribution in [3.63, 3.8) is 0 Å². The molecular weight excluding hydrogens is 232 g/mol. The number of hydrogen-bond acceptors (Lipinski definition) is 4. The number of aromatic nitrogens is 1. The number of anilines is 1. The third kappa shape index (κ3) is 1.59. The molecule has 94 valence electrons. The molecule has 5 heteroatoms. The van der Waals surface area contributed by atoms with Gasteiger partial charge in [-0.25, -0.2) is 4.98 Å². The minimum atomic E-state index is -0.550. The number of aliphatic hydroxyl groups excluding tert-OH is 1. The number of aliphatic hydroxyl groups is 1. The van der Waals surface area contributed by atoms with Crippen LogP contribution in [-0.4, -0.2) is 29.7 Å². The Morgan fingerprint density at radius 2 is 2.33 bits per heavy atom. The summed E-state index contributed by atoms with van der Waals surface area (Å²) in [5.74, 6) is -0.0381. The Labute approximate surface area is 104 Å². The van der Waals surface area contributed by atoms with E-state index < -0.39 is 5.41 Å². The first-order valence-electron chi connectivity index (χ1n) is 5.89. The first-order chi connectivity index (χ1) is 8.66. The van der Waals surface area contributed by atoms with E-state index in [-0.39, 0.29) is 12.5 Å². The van der Waals surface area contributed by atoms with Gasteiger partial charge < -0.3 is 14.4 Å². The van der Waals surface area contributed by atoms with Crippen LogP contribution in [0.2, 0.25) is 0 Å². The van der Waals surface area contributed by atoms with E-state index in [1.54, 1.807) is 18.0 Å². The van der Waals surface area contributed by atoms with Crippen molar-refractivity contribution in [1.82, 2.24) is 4.98 Å². The van der Waals surface area contributed by atoms with Gasteiger partial charge in [-0.1, -0.05) is 0 Å². The van der Waals surface area contributed by atoms with Crippen LogP contribution in [0.4, 0.5) is 5.69 Å². The summed E-state index contributed by atoms with van der Waals surface area (Å²) in [5, 5.41) is 9.29. The molecule has 1 aliphatic rings. The number of hydrogen-bond donors (Lipinski definition) is 1. The van der Waals surface area contributed by atoms with Crippen molar-refractivity contribution in [3.8, 4) is 0 Å². The van der Waals surface area contributed by atoms with Crippen LogP contribution in [0.15, 0.2) is 29.0 Å². The van der Waals surface area contributed by atoms with Gasteiger partial charge in [-0.3, -0.25) is 4.79 Å². The third-order valence-corrected chi connectivity index (χ3v) is 3.62. The van der Waals surface area contributed by atoms with Crippen molar-refractivity contribution < 1.29 is 14.3 Å². The molecule has 1 amide bonds. The Bertz CT molecular complexity index is 601. The Morgan fingerprint density at radius 1 is 1.56 bits per heavy atom. The normalized spacial score (nSPS) is 16.8. The Kier molecular flexibility index (Phi) is 2.38. The molecule has 5 nitrogen and oxygen atoms in total. The summed E-state index contributed by atoms with van der Waals surface area (Å²) >= 11 is 0. The minimum absolute atomic E-state index is 0.0381. The Hall–Kier alpha value is -1.88. The smallest absolute Gasteiger partial charge is 0.235 e. The van der Waals surface area contributed by atoms with E-state index in [1.165, 1.54) is 6.39 Å². The second kappa shape index (κ2) is 3.81. The molecule has 1 N–H and O–H groups in total. The zero-order valence-corrected chi connectivity index (χ0v) is 10.1. The fourth-order valence-corrected chi connectivity index (χ4v) is 2.12. The highest BCUT2D eigenvalue weighted by atomic mass is 16.3. The maximum Gasteiger partial charge on any atom is 0.235 e. The molecule has 0 aliphatic heterocycles. The highest BCUT2D eigenvalue weighted by Crippen LogP contribution is 2.47. The number of nitrogens with zero attached hydrogens (tertiary/aromatic N) is 2. The first-order valence-corrected chi connectivity index (χ1v) is 5.89. The van der Waals surface area contributed by atoms with E-state index in [2.05, 4.69) is 4.98 Å². The molecule has 0 spiro atoms. The topological polar surface area (TPSA) is 66.6 Å². The van der Waals surface area contributed by atoms with Gasteiger partial charge in [0.1, 0.15) is 5.52 Å². The summed E-state index contributed by atoms with van der Waals surface area (Å²) in [6.45, 7) is -0.0826. The number of rotatable bonds is 3. The van der Waals surface area contributed by atoms with Crippen molar-refractivity contribution in [2.24, 2.45) is 5.41 Å². The summed E-state index contributed by atoms with van der Waals surface area (Å²) in [6.07, 6.45) is 2.90. The Balaban J connectivity index is 1.91. The molecule has 0 unspecified atom stereocenters. The largest absolute Gasteiger partial charge is 0.443 e. The lowest BCUT2D eigenvalue weighted by Gasteiger charge is -2.22. The standard InChI is InChI=1S/C13H14N2O3/c1-15(12(17)13(7-16)4-5-13)9-2-3-10-11(6-9)18-8-14-10/h2-3,6,8,16H,4-5,7H2,1H3. The highest BCUT2D eigenvalue weighted by Gasteiger charge is 2.50. The lowest BCUT2D eigenvalue weighted by Crippen LogP contribution is -2.36. The molecule has 0 radical (unpaired) electrons. The third-order valence-electron chi connectivity index (χ3n) is 3.62. The highest BCUT2D eigenvalue weighted by molar-refractivity contribution is 6.00. The predicted octanol–water partition coefficient (Wildman–Crippen LogP) is 1.56. The maximum absolute atomic E-state index is 12.3. The van der Waals surface area contributed by atoms with E-state index in [0.29, 0.717) is 5.58 Å². The summed E-state index contributed by atoms with van der Waals surface area (Å²) < 4.78 is 5.22. The second-order valence-electron chi connectivity index (χ2n) is 4.81. The van der Waals surface area contributed by atoms with Crippen molar-refractivity contribution in [2.75, 3.05) is 18.6 Å². The zero-order chi connectivity index (χ0) is 12.8. The molecule has 1 fully saturated rings. The van der Waals surface area contributed by atoms with Gasteiger partial charge >= 0.3 is 0 Å². The van der Waals surface area contributed by atoms with Crippen LogP contribution in [-0.2, 0) is 4.79 Å². The molecule has 1 aromatic heterocycles. The summed E-state index contributed by atoms with van der Waals surface area (Å²) in [4.78, 5) is 17.9. The van der Waals surface area contributed by atoms with Crippen LogP contribution in [0.25, 0.3) is 11.1 Å². The van der Waals surface area contributed by atoms with E-state index in [1.807, 2.05) is 12.1 Å². The molecule has 0 saturated heterocycles. The van der Waals surface area contributed by atoms with Gasteiger partial charge in [0.05, 0.1) is 12.0 Å². The van der Waals surface area contributed by atoms with Crippen molar-refractivity contribution in [3.05, 3.63) is 24.6 Å². The average Bonchev–Trinajstić information content (AvgIpc) is 3.07. The first kappa shape index (κ1) is 11.2. The number of amides is 1. The van der Waals surface area contributed by atoms with Gasteiger partial charge in [0.25, 0.3) is 0 Å². The monoisotopic (exact) mass is 246 g/mol. The van der Waals surface area contributed by atoms with E-state index in [4.69, 9.17) is 4.42 Å². The minimum Gasteiger partial charge on any atom is -0.443 e. The lowest BCUT2D eigenvalue weighted by molar-refractivity contribution is -0.124. The maximum atomic E-state index is 12.3. The van der Waals surface area contributed by atoms with Gasteiger partial charge in [0, 0.05) is 18.8 Å². The van der Waals surface area contributed by atoms with Gasteiger partial charge in [-0.05, 0) is 25.0 Å². The van der Waals surface area contributed by atoms with Gasteiger partial charge in [0.2, 0.25) is 5.91 Å². The molecule has 1 aliphatic carbocycles. The van der Waals surface area contributed by atoms with Crippen molar-refractivity contribution >= 4 is 22.7 Å². The van der Waals surface area contributed by atoms with Crippen LogP contribution in [0.3, 0.4) is 0 Å². The molecule has 0 bridgehead atoms. The molecule has 2 aromatic rings. The number of benzene rings is 1. The number of carbonyl (C=O) groups excluding carboxylic acids is 1. The van der Waals surface area contributed by atoms with Crippen molar-refractivity contribution in [2.45, 2.75) is 12.8 Å². The van der Waals surface area contributed by atoms with Gasteiger partial charge in [-0.15, -0.1) is 0 Å². The summed E-state index contributed by atoms with van der Waals surface area (Å²) in [6, 6.07) is 5.43. The van der Waals surface area contributed by atoms with Crippen LogP contribution >= 0.6 is 0 Å². The molecule has 1 aromatic carbocycles. The van der Waals surface area contributed by atoms with Crippen LogP contribution in [0, 0.1) is 5.41 Å². The van der Waals surface area contributed by atoms with E-state index >= 15 is 0 Å². The number of fused-ring (bicyclic) bond motifs is 1. The molecule has 3 rings (SSSR count). The summed E-state index contributed by atoms with van der Waals surface area (Å²) in [7, 11) is 1.72. The molecule has 18 heavy (non-hydrogen) atoms. The van der Waals surface area contributed by atoms with Crippen molar-refractivity contribution in [1.29, 1.82) is 0 Å². The predicted molar refractivity (Wildman–Crippen MR) is 66.2 cm³/mol. The SMILES string of the molecule is CN(C(=O)C1(CO)CC1)c1ccc2ncoc2c1. The molecule has 0 atom stereocenters. The van der Waals surface area contributed by atoms with E-state index in [9.17, 15) is 9.90 Å². The molecule has 1 heterocycles. The average molecular weight is 246 g/mol. The fraction of sp³-hybridized carbons (Fsp3) is 0.385. The number of oxazole rings is 1. The number of carbonyl (C=O) groups is 1. The molecular formula is C13H14N2O3. The van der Waals surface area contributed by atoms with Crippen LogP contribution in [0.1, 0.15) is 12.8 Å². The quantitative estimate of drug-likeness (QED) is 0.892. The molecule has 1 saturated carbocycles. The fourth-order valence-electron chi connectivity index (χ4n) is 2.12. The van der Waals surface area contributed by atoms with Crippen LogP contribution in [0.5, 0.6) is 0 Å². The van der Waals surface area contributed by atoms with E-state index in [0.717, 1.165) is 24.0 Å². The Morgan fingerprint density at radius 3 is 3.00 bits per heavy atom. The van der Waals surface area contributed by atoms with Gasteiger partial charge in [-0.2, -0.15) is 0 Å². The second-order valence-corrected chi connectivity index (χ2v) is 4.81.